The summed E-state index contributed by atoms with van der Waals surface area (Å²) in [7, 11) is 1.90. The van der Waals surface area contributed by atoms with Crippen molar-refractivity contribution in [3.8, 4) is 0 Å². The second-order valence-corrected chi connectivity index (χ2v) is 7.18. The normalized spacial score (nSPS) is 15.3. The molecular weight excluding hydrogens is 372 g/mol. The Morgan fingerprint density at radius 3 is 2.93 bits per heavy atom. The van der Waals surface area contributed by atoms with E-state index in [4.69, 9.17) is 9.47 Å². The first-order valence-electron chi connectivity index (χ1n) is 10.3. The molecule has 0 radical (unpaired) electrons. The molecule has 8 heteroatoms. The molecule has 0 unspecified atom stereocenters. The summed E-state index contributed by atoms with van der Waals surface area (Å²) in [4.78, 5) is 24.9. The average molecular weight is 402 g/mol. The minimum atomic E-state index is -0.270. The molecule has 0 atom stereocenters. The van der Waals surface area contributed by atoms with Gasteiger partial charge in [-0.3, -0.25) is 14.3 Å². The highest BCUT2D eigenvalue weighted by Gasteiger charge is 2.23. The largest absolute Gasteiger partial charge is 0.463 e. The maximum absolute atomic E-state index is 12.7. The molecule has 0 aromatic carbocycles. The number of aromatic nitrogens is 3. The first kappa shape index (κ1) is 21.1. The van der Waals surface area contributed by atoms with Crippen molar-refractivity contribution in [1.29, 1.82) is 0 Å². The molecule has 2 aromatic rings. The van der Waals surface area contributed by atoms with Gasteiger partial charge in [-0.25, -0.2) is 0 Å². The number of nitrogens with zero attached hydrogens (tertiary/aromatic N) is 3. The highest BCUT2D eigenvalue weighted by molar-refractivity contribution is 5.96. The molecule has 0 fully saturated rings. The van der Waals surface area contributed by atoms with Gasteiger partial charge >= 0.3 is 5.97 Å². The Balaban J connectivity index is 1.67. The summed E-state index contributed by atoms with van der Waals surface area (Å²) in [6, 6.07) is 3.80. The van der Waals surface area contributed by atoms with Crippen LogP contribution in [0.4, 0.5) is 0 Å². The van der Waals surface area contributed by atoms with E-state index >= 15 is 0 Å². The van der Waals surface area contributed by atoms with Crippen molar-refractivity contribution in [3.63, 3.8) is 0 Å². The zero-order chi connectivity index (χ0) is 20.6. The minimum Gasteiger partial charge on any atom is -0.463 e. The molecule has 2 aromatic heterocycles. The van der Waals surface area contributed by atoms with Gasteiger partial charge in [0.15, 0.2) is 0 Å². The highest BCUT2D eigenvalue weighted by Crippen LogP contribution is 2.18. The SMILES string of the molecule is CCc1nn(CCOC(=O)Cc2cccn2C)c2c1C(=O)NCCCOCCC2. The van der Waals surface area contributed by atoms with Gasteiger partial charge in [0, 0.05) is 38.7 Å². The molecule has 3 heterocycles. The third kappa shape index (κ3) is 5.47. The predicted octanol–water partition coefficient (Wildman–Crippen LogP) is 1.65. The van der Waals surface area contributed by atoms with Crippen LogP contribution in [0.1, 0.15) is 47.2 Å². The van der Waals surface area contributed by atoms with Gasteiger partial charge < -0.3 is 19.4 Å². The molecule has 1 amide bonds. The average Bonchev–Trinajstić information content (AvgIpc) is 3.25. The lowest BCUT2D eigenvalue weighted by Crippen LogP contribution is -2.26. The van der Waals surface area contributed by atoms with Crippen LogP contribution in [-0.2, 0) is 47.1 Å². The van der Waals surface area contributed by atoms with Crippen molar-refractivity contribution in [1.82, 2.24) is 19.7 Å². The van der Waals surface area contributed by atoms with Crippen molar-refractivity contribution < 1.29 is 19.1 Å². The van der Waals surface area contributed by atoms with Crippen LogP contribution in [0.5, 0.6) is 0 Å². The lowest BCUT2D eigenvalue weighted by atomic mass is 10.1. The Morgan fingerprint density at radius 2 is 2.17 bits per heavy atom. The molecule has 1 aliphatic rings. The molecule has 8 nitrogen and oxygen atoms in total. The van der Waals surface area contributed by atoms with Crippen molar-refractivity contribution in [3.05, 3.63) is 41.0 Å². The third-order valence-electron chi connectivity index (χ3n) is 5.09. The first-order valence-corrected chi connectivity index (χ1v) is 10.3. The number of amides is 1. The van der Waals surface area contributed by atoms with Crippen molar-refractivity contribution in [2.45, 2.75) is 45.6 Å². The van der Waals surface area contributed by atoms with E-state index in [1.54, 1.807) is 0 Å². The van der Waals surface area contributed by atoms with E-state index in [1.165, 1.54) is 0 Å². The Morgan fingerprint density at radius 1 is 1.34 bits per heavy atom. The number of esters is 1. The van der Waals surface area contributed by atoms with Crippen molar-refractivity contribution in [2.75, 3.05) is 26.4 Å². The zero-order valence-electron chi connectivity index (χ0n) is 17.3. The summed E-state index contributed by atoms with van der Waals surface area (Å²) < 4.78 is 14.7. The van der Waals surface area contributed by atoms with Gasteiger partial charge in [0.05, 0.1) is 29.9 Å². The van der Waals surface area contributed by atoms with Gasteiger partial charge in [-0.15, -0.1) is 0 Å². The molecule has 0 saturated carbocycles. The molecule has 0 saturated heterocycles. The van der Waals surface area contributed by atoms with E-state index in [1.807, 2.05) is 41.5 Å². The molecule has 29 heavy (non-hydrogen) atoms. The van der Waals surface area contributed by atoms with Crippen LogP contribution in [0, 0.1) is 0 Å². The molecule has 1 aliphatic heterocycles. The molecule has 0 aliphatic carbocycles. The molecular formula is C21H30N4O4. The fourth-order valence-corrected chi connectivity index (χ4v) is 3.53. The number of hydrogen-bond acceptors (Lipinski definition) is 5. The second kappa shape index (κ2) is 10.2. The summed E-state index contributed by atoms with van der Waals surface area (Å²) in [6.07, 6.45) is 5.13. The topological polar surface area (TPSA) is 87.4 Å². The Labute approximate surface area is 171 Å². The van der Waals surface area contributed by atoms with Gasteiger partial charge in [0.25, 0.3) is 5.91 Å². The fourth-order valence-electron chi connectivity index (χ4n) is 3.53. The van der Waals surface area contributed by atoms with Gasteiger partial charge in [0.1, 0.15) is 6.61 Å². The second-order valence-electron chi connectivity index (χ2n) is 7.18. The van der Waals surface area contributed by atoms with E-state index in [0.29, 0.717) is 44.7 Å². The van der Waals surface area contributed by atoms with Crippen LogP contribution in [0.25, 0.3) is 0 Å². The number of carbonyl (C=O) groups excluding carboxylic acids is 2. The molecule has 0 bridgehead atoms. The molecule has 0 spiro atoms. The van der Waals surface area contributed by atoms with Gasteiger partial charge in [-0.05, 0) is 37.8 Å². The highest BCUT2D eigenvalue weighted by atomic mass is 16.5. The zero-order valence-corrected chi connectivity index (χ0v) is 17.3. The summed E-state index contributed by atoms with van der Waals surface area (Å²) in [5.41, 5.74) is 3.26. The quantitative estimate of drug-likeness (QED) is 0.743. The lowest BCUT2D eigenvalue weighted by Gasteiger charge is -2.10. The van der Waals surface area contributed by atoms with E-state index in [-0.39, 0.29) is 24.9 Å². The minimum absolute atomic E-state index is 0.0781. The van der Waals surface area contributed by atoms with Gasteiger partial charge in [0.2, 0.25) is 0 Å². The monoisotopic (exact) mass is 402 g/mol. The predicted molar refractivity (Wildman–Crippen MR) is 108 cm³/mol. The van der Waals surface area contributed by atoms with E-state index < -0.39 is 0 Å². The summed E-state index contributed by atoms with van der Waals surface area (Å²) in [6.45, 7) is 4.54. The first-order chi connectivity index (χ1) is 14.1. The van der Waals surface area contributed by atoms with Crippen LogP contribution >= 0.6 is 0 Å². The van der Waals surface area contributed by atoms with Gasteiger partial charge in [-0.1, -0.05) is 6.92 Å². The Kier molecular flexibility index (Phi) is 7.46. The van der Waals surface area contributed by atoms with Crippen LogP contribution < -0.4 is 5.32 Å². The molecule has 3 rings (SSSR count). The number of ether oxygens (including phenoxy) is 2. The number of aryl methyl sites for hydroxylation is 2. The number of carbonyl (C=O) groups is 2. The summed E-state index contributed by atoms with van der Waals surface area (Å²) in [5, 5.41) is 7.60. The van der Waals surface area contributed by atoms with Crippen molar-refractivity contribution >= 4 is 11.9 Å². The maximum Gasteiger partial charge on any atom is 0.311 e. The summed E-state index contributed by atoms with van der Waals surface area (Å²) in [5.74, 6) is -0.348. The van der Waals surface area contributed by atoms with E-state index in [2.05, 4.69) is 10.4 Å². The van der Waals surface area contributed by atoms with Crippen LogP contribution in [0.15, 0.2) is 18.3 Å². The van der Waals surface area contributed by atoms with Crippen LogP contribution in [0.3, 0.4) is 0 Å². The Hall–Kier alpha value is -2.61. The van der Waals surface area contributed by atoms with Crippen LogP contribution in [0.2, 0.25) is 0 Å². The van der Waals surface area contributed by atoms with E-state index in [9.17, 15) is 9.59 Å². The number of fused-ring (bicyclic) bond motifs is 1. The summed E-state index contributed by atoms with van der Waals surface area (Å²) >= 11 is 0. The lowest BCUT2D eigenvalue weighted by molar-refractivity contribution is -0.143. The number of rotatable bonds is 6. The van der Waals surface area contributed by atoms with E-state index in [0.717, 1.165) is 29.9 Å². The smallest absolute Gasteiger partial charge is 0.311 e. The maximum atomic E-state index is 12.7. The fraction of sp³-hybridized carbons (Fsp3) is 0.571. The van der Waals surface area contributed by atoms with Crippen molar-refractivity contribution in [2.24, 2.45) is 7.05 Å². The third-order valence-corrected chi connectivity index (χ3v) is 5.09. The van der Waals surface area contributed by atoms with Crippen LogP contribution in [-0.4, -0.2) is 52.6 Å². The number of nitrogens with one attached hydrogen (secondary N) is 1. The number of hydrogen-bond donors (Lipinski definition) is 1. The molecule has 1 N–H and O–H groups in total. The standard InChI is InChI=1S/C21H30N4O4/c1-3-17-20-18(8-5-12-28-13-6-9-22-21(20)27)25(23-17)11-14-29-19(26)15-16-7-4-10-24(16)2/h4,7,10H,3,5-6,8-9,11-15H2,1-2H3,(H,22,27). The van der Waals surface area contributed by atoms with Gasteiger partial charge in [-0.2, -0.15) is 5.10 Å². The molecule has 158 valence electrons. The Bertz CT molecular complexity index is 840.